The lowest BCUT2D eigenvalue weighted by Crippen LogP contribution is -2.50. The number of fused-ring (bicyclic) bond motifs is 1. The van der Waals surface area contributed by atoms with Gasteiger partial charge in [-0.05, 0) is 43.2 Å². The highest BCUT2D eigenvalue weighted by Gasteiger charge is 2.38. The molecule has 1 saturated carbocycles. The maximum absolute atomic E-state index is 15.1. The quantitative estimate of drug-likeness (QED) is 0.396. The summed E-state index contributed by atoms with van der Waals surface area (Å²) < 4.78 is 22.0. The Morgan fingerprint density at radius 1 is 1.06 bits per heavy atom. The van der Waals surface area contributed by atoms with Gasteiger partial charge in [0, 0.05) is 11.6 Å². The predicted molar refractivity (Wildman–Crippen MR) is 131 cm³/mol. The van der Waals surface area contributed by atoms with Crippen LogP contribution in [-0.2, 0) is 22.7 Å². The fourth-order valence-corrected chi connectivity index (χ4v) is 4.96. The van der Waals surface area contributed by atoms with Crippen LogP contribution in [0.25, 0.3) is 11.0 Å². The normalized spacial score (nSPS) is 15.0. The first-order valence-corrected chi connectivity index (χ1v) is 12.3. The van der Waals surface area contributed by atoms with Gasteiger partial charge in [0.25, 0.3) is 0 Å². The standard InChI is InChI=1S/C27H28FN5O3/c28-22-13-5-4-12-21(22)26(27(35)29-17-20-11-8-16-36-20)33(19-9-2-1-3-10-19)25(34)18-32-24-15-7-6-14-23(24)30-31-32/h4-8,11-16,19,26H,1-3,9-10,17-18H2,(H,29,35). The number of nitrogens with one attached hydrogen (secondary N) is 1. The molecule has 1 fully saturated rings. The van der Waals surface area contributed by atoms with Crippen molar-refractivity contribution in [3.63, 3.8) is 0 Å². The molecule has 0 spiro atoms. The van der Waals surface area contributed by atoms with Gasteiger partial charge in [0.2, 0.25) is 11.8 Å². The number of carbonyl (C=O) groups is 2. The molecule has 0 bridgehead atoms. The van der Waals surface area contributed by atoms with Crippen molar-refractivity contribution in [3.05, 3.63) is 84.1 Å². The Hall–Kier alpha value is -4.01. The summed E-state index contributed by atoms with van der Waals surface area (Å²) in [5.41, 5.74) is 1.56. The van der Waals surface area contributed by atoms with Crippen LogP contribution in [0, 0.1) is 5.82 Å². The molecule has 2 aromatic carbocycles. The molecule has 36 heavy (non-hydrogen) atoms. The van der Waals surface area contributed by atoms with Gasteiger partial charge in [0.05, 0.1) is 18.3 Å². The minimum Gasteiger partial charge on any atom is -0.467 e. The number of rotatable bonds is 8. The summed E-state index contributed by atoms with van der Waals surface area (Å²) in [4.78, 5) is 29.2. The zero-order valence-electron chi connectivity index (χ0n) is 19.8. The molecule has 9 heteroatoms. The highest BCUT2D eigenvalue weighted by atomic mass is 19.1. The topological polar surface area (TPSA) is 93.3 Å². The molecule has 5 rings (SSSR count). The number of para-hydroxylation sites is 1. The minimum absolute atomic E-state index is 0.104. The van der Waals surface area contributed by atoms with Gasteiger partial charge in [-0.15, -0.1) is 5.10 Å². The second-order valence-corrected chi connectivity index (χ2v) is 9.05. The third-order valence-corrected chi connectivity index (χ3v) is 6.70. The summed E-state index contributed by atoms with van der Waals surface area (Å²) in [7, 11) is 0. The Labute approximate surface area is 208 Å². The SMILES string of the molecule is O=C(NCc1ccco1)C(c1ccccc1F)N(C(=O)Cn1nnc2ccccc21)C1CCCCC1. The van der Waals surface area contributed by atoms with Gasteiger partial charge >= 0.3 is 0 Å². The fourth-order valence-electron chi connectivity index (χ4n) is 4.96. The van der Waals surface area contributed by atoms with E-state index in [2.05, 4.69) is 15.6 Å². The van der Waals surface area contributed by atoms with Crippen molar-refractivity contribution in [3.8, 4) is 0 Å². The largest absolute Gasteiger partial charge is 0.467 e. The molecule has 2 heterocycles. The summed E-state index contributed by atoms with van der Waals surface area (Å²) in [5.74, 6) is -0.728. The molecule has 1 aliphatic carbocycles. The average Bonchev–Trinajstić information content (AvgIpc) is 3.57. The predicted octanol–water partition coefficient (Wildman–Crippen LogP) is 4.38. The molecular formula is C27H28FN5O3. The number of carbonyl (C=O) groups excluding carboxylic acids is 2. The second kappa shape index (κ2) is 10.7. The molecular weight excluding hydrogens is 461 g/mol. The van der Waals surface area contributed by atoms with Crippen molar-refractivity contribution in [1.82, 2.24) is 25.2 Å². The van der Waals surface area contributed by atoms with Crippen LogP contribution in [0.1, 0.15) is 49.5 Å². The van der Waals surface area contributed by atoms with Crippen LogP contribution in [0.3, 0.4) is 0 Å². The minimum atomic E-state index is -1.13. The van der Waals surface area contributed by atoms with Crippen LogP contribution in [-0.4, -0.2) is 37.7 Å². The van der Waals surface area contributed by atoms with Gasteiger partial charge < -0.3 is 14.6 Å². The number of aromatic nitrogens is 3. The first kappa shape index (κ1) is 23.7. The maximum Gasteiger partial charge on any atom is 0.247 e. The van der Waals surface area contributed by atoms with Gasteiger partial charge in [-0.2, -0.15) is 0 Å². The average molecular weight is 490 g/mol. The monoisotopic (exact) mass is 489 g/mol. The van der Waals surface area contributed by atoms with Gasteiger partial charge in [0.1, 0.15) is 29.7 Å². The molecule has 1 atom stereocenters. The van der Waals surface area contributed by atoms with Crippen molar-refractivity contribution in [2.24, 2.45) is 0 Å². The zero-order valence-corrected chi connectivity index (χ0v) is 19.8. The Morgan fingerprint density at radius 3 is 2.61 bits per heavy atom. The van der Waals surface area contributed by atoms with E-state index in [-0.39, 0.29) is 30.6 Å². The smallest absolute Gasteiger partial charge is 0.247 e. The lowest BCUT2D eigenvalue weighted by molar-refractivity contribution is -0.145. The summed E-state index contributed by atoms with van der Waals surface area (Å²) in [6.07, 6.45) is 5.98. The van der Waals surface area contributed by atoms with E-state index < -0.39 is 17.8 Å². The Kier molecular flexibility index (Phi) is 7.06. The lowest BCUT2D eigenvalue weighted by Gasteiger charge is -2.39. The molecule has 186 valence electrons. The number of hydrogen-bond acceptors (Lipinski definition) is 5. The van der Waals surface area contributed by atoms with Crippen molar-refractivity contribution in [2.45, 2.75) is 57.3 Å². The van der Waals surface area contributed by atoms with E-state index in [4.69, 9.17) is 4.42 Å². The second-order valence-electron chi connectivity index (χ2n) is 9.05. The number of hydrogen-bond donors (Lipinski definition) is 1. The molecule has 0 radical (unpaired) electrons. The van der Waals surface area contributed by atoms with Crippen LogP contribution in [0.5, 0.6) is 0 Å². The van der Waals surface area contributed by atoms with Crippen LogP contribution < -0.4 is 5.32 Å². The van der Waals surface area contributed by atoms with Crippen LogP contribution in [0.15, 0.2) is 71.3 Å². The first-order valence-electron chi connectivity index (χ1n) is 12.3. The van der Waals surface area contributed by atoms with E-state index in [1.807, 2.05) is 24.3 Å². The van der Waals surface area contributed by atoms with Crippen molar-refractivity contribution >= 4 is 22.8 Å². The molecule has 8 nitrogen and oxygen atoms in total. The maximum atomic E-state index is 15.1. The van der Waals surface area contributed by atoms with E-state index in [0.717, 1.165) is 37.6 Å². The molecule has 2 aromatic heterocycles. The van der Waals surface area contributed by atoms with Gasteiger partial charge in [0.15, 0.2) is 0 Å². The number of nitrogens with zero attached hydrogens (tertiary/aromatic N) is 4. The van der Waals surface area contributed by atoms with Crippen molar-refractivity contribution in [2.75, 3.05) is 0 Å². The molecule has 0 aliphatic heterocycles. The van der Waals surface area contributed by atoms with E-state index in [1.54, 1.807) is 35.2 Å². The third-order valence-electron chi connectivity index (χ3n) is 6.70. The van der Waals surface area contributed by atoms with E-state index in [9.17, 15) is 9.59 Å². The number of benzene rings is 2. The van der Waals surface area contributed by atoms with Gasteiger partial charge in [-0.1, -0.05) is 54.8 Å². The Morgan fingerprint density at radius 2 is 1.83 bits per heavy atom. The van der Waals surface area contributed by atoms with Gasteiger partial charge in [-0.25, -0.2) is 9.07 Å². The molecule has 1 aliphatic rings. The van der Waals surface area contributed by atoms with Crippen LogP contribution in [0.4, 0.5) is 4.39 Å². The number of amides is 2. The zero-order chi connectivity index (χ0) is 24.9. The molecule has 1 N–H and O–H groups in total. The van der Waals surface area contributed by atoms with Crippen molar-refractivity contribution < 1.29 is 18.4 Å². The van der Waals surface area contributed by atoms with E-state index in [0.29, 0.717) is 11.3 Å². The highest BCUT2D eigenvalue weighted by Crippen LogP contribution is 2.32. The van der Waals surface area contributed by atoms with Crippen LogP contribution in [0.2, 0.25) is 0 Å². The van der Waals surface area contributed by atoms with Crippen molar-refractivity contribution in [1.29, 1.82) is 0 Å². The van der Waals surface area contributed by atoms with Gasteiger partial charge in [-0.3, -0.25) is 9.59 Å². The van der Waals surface area contributed by atoms with E-state index >= 15 is 4.39 Å². The summed E-state index contributed by atoms with van der Waals surface area (Å²) in [5, 5.41) is 11.2. The Bertz CT molecular complexity index is 1330. The van der Waals surface area contributed by atoms with Crippen LogP contribution >= 0.6 is 0 Å². The third kappa shape index (κ3) is 5.00. The summed E-state index contributed by atoms with van der Waals surface area (Å²) >= 11 is 0. The molecule has 1 unspecified atom stereocenters. The molecule has 2 amide bonds. The fraction of sp³-hybridized carbons (Fsp3) is 0.333. The summed E-state index contributed by atoms with van der Waals surface area (Å²) in [6.45, 7) is 0.0324. The lowest BCUT2D eigenvalue weighted by atomic mass is 9.91. The number of halogens is 1. The van der Waals surface area contributed by atoms with E-state index in [1.165, 1.54) is 17.0 Å². The highest BCUT2D eigenvalue weighted by molar-refractivity contribution is 5.89. The summed E-state index contributed by atoms with van der Waals surface area (Å²) in [6, 6.07) is 15.7. The Balaban J connectivity index is 1.51. The molecule has 4 aromatic rings. The number of furan rings is 1. The molecule has 0 saturated heterocycles. The first-order chi connectivity index (χ1) is 17.6.